The van der Waals surface area contributed by atoms with Crippen LogP contribution >= 0.6 is 34.4 Å². The highest BCUT2D eigenvalue weighted by molar-refractivity contribution is 7.98. The van der Waals surface area contributed by atoms with Crippen LogP contribution in [0.15, 0.2) is 27.5 Å². The Morgan fingerprint density at radius 2 is 2.20 bits per heavy atom. The fourth-order valence-corrected chi connectivity index (χ4v) is 6.38. The van der Waals surface area contributed by atoms with Gasteiger partial charge in [-0.25, -0.2) is 15.0 Å². The van der Waals surface area contributed by atoms with Crippen molar-refractivity contribution in [3.05, 3.63) is 50.0 Å². The van der Waals surface area contributed by atoms with Crippen LogP contribution in [0.4, 0.5) is 0 Å². The highest BCUT2D eigenvalue weighted by atomic mass is 32.2. The molecular weight excluding hydrogens is 372 g/mol. The van der Waals surface area contributed by atoms with Gasteiger partial charge in [0, 0.05) is 33.7 Å². The lowest BCUT2D eigenvalue weighted by Crippen LogP contribution is -2.12. The van der Waals surface area contributed by atoms with Gasteiger partial charge in [0.25, 0.3) is 5.56 Å². The summed E-state index contributed by atoms with van der Waals surface area (Å²) in [6.45, 7) is 1.94. The molecule has 25 heavy (non-hydrogen) atoms. The maximum Gasteiger partial charge on any atom is 0.258 e. The summed E-state index contributed by atoms with van der Waals surface area (Å²) in [5, 5.41) is 4.13. The van der Waals surface area contributed by atoms with Crippen LogP contribution in [0, 0.1) is 6.92 Å². The van der Waals surface area contributed by atoms with E-state index in [4.69, 9.17) is 4.98 Å². The summed E-state index contributed by atoms with van der Waals surface area (Å²) in [6, 6.07) is 1.62. The minimum Gasteiger partial charge on any atom is -0.269 e. The molecule has 8 heteroatoms. The Labute approximate surface area is 155 Å². The summed E-state index contributed by atoms with van der Waals surface area (Å²) in [6.07, 6.45) is 5.27. The van der Waals surface area contributed by atoms with Crippen LogP contribution in [-0.2, 0) is 18.6 Å². The molecule has 0 aromatic carbocycles. The van der Waals surface area contributed by atoms with Crippen molar-refractivity contribution in [2.75, 3.05) is 0 Å². The zero-order chi connectivity index (χ0) is 17.0. The van der Waals surface area contributed by atoms with Gasteiger partial charge in [0.1, 0.15) is 15.7 Å². The molecule has 126 valence electrons. The minimum absolute atomic E-state index is 0.0257. The van der Waals surface area contributed by atoms with Gasteiger partial charge in [-0.3, -0.25) is 9.20 Å². The van der Waals surface area contributed by atoms with E-state index in [9.17, 15) is 4.79 Å². The number of aryl methyl sites for hydroxylation is 3. The summed E-state index contributed by atoms with van der Waals surface area (Å²) >= 11 is 4.95. The molecule has 0 spiro atoms. The molecule has 0 amide bonds. The Morgan fingerprint density at radius 3 is 3.12 bits per heavy atom. The van der Waals surface area contributed by atoms with E-state index < -0.39 is 0 Å². The van der Waals surface area contributed by atoms with Gasteiger partial charge in [0.2, 0.25) is 0 Å². The molecule has 1 aliphatic rings. The van der Waals surface area contributed by atoms with E-state index in [1.165, 1.54) is 33.6 Å². The third kappa shape index (κ3) is 2.59. The standard InChI is InChI=1S/C17H14N4OS3/c1-9-18-15(14-11-3-2-4-12(11)25-16(14)19-9)24-8-10-7-13(22)21-5-6-23-17(21)20-10/h5-7H,2-4,8H2,1H3. The summed E-state index contributed by atoms with van der Waals surface area (Å²) in [4.78, 5) is 29.4. The molecular formula is C17H14N4OS3. The number of nitrogens with zero attached hydrogens (tertiary/aromatic N) is 4. The van der Waals surface area contributed by atoms with E-state index in [1.54, 1.807) is 28.4 Å². The van der Waals surface area contributed by atoms with Crippen molar-refractivity contribution in [2.45, 2.75) is 37.0 Å². The number of thiophene rings is 1. The first kappa shape index (κ1) is 15.5. The first-order valence-electron chi connectivity index (χ1n) is 8.06. The first-order valence-corrected chi connectivity index (χ1v) is 10.7. The van der Waals surface area contributed by atoms with Gasteiger partial charge in [0.05, 0.1) is 5.69 Å². The van der Waals surface area contributed by atoms with Crippen molar-refractivity contribution in [3.63, 3.8) is 0 Å². The smallest absolute Gasteiger partial charge is 0.258 e. The van der Waals surface area contributed by atoms with E-state index in [0.29, 0.717) is 5.75 Å². The van der Waals surface area contributed by atoms with Gasteiger partial charge < -0.3 is 0 Å². The average Bonchev–Trinajstić information content (AvgIpc) is 3.27. The van der Waals surface area contributed by atoms with Crippen molar-refractivity contribution in [3.8, 4) is 0 Å². The fraction of sp³-hybridized carbons (Fsp3) is 0.294. The maximum atomic E-state index is 12.1. The van der Waals surface area contributed by atoms with Crippen molar-refractivity contribution in [1.29, 1.82) is 0 Å². The van der Waals surface area contributed by atoms with Gasteiger partial charge >= 0.3 is 0 Å². The molecule has 0 aliphatic heterocycles. The number of rotatable bonds is 3. The zero-order valence-corrected chi connectivity index (χ0v) is 15.9. The van der Waals surface area contributed by atoms with Crippen molar-refractivity contribution >= 4 is 49.6 Å². The summed E-state index contributed by atoms with van der Waals surface area (Å²) in [5.41, 5.74) is 2.21. The molecule has 0 saturated heterocycles. The molecule has 0 fully saturated rings. The lowest BCUT2D eigenvalue weighted by Gasteiger charge is -2.05. The zero-order valence-electron chi connectivity index (χ0n) is 13.5. The first-order chi connectivity index (χ1) is 12.2. The number of thioether (sulfide) groups is 1. The molecule has 1 aliphatic carbocycles. The average molecular weight is 387 g/mol. The van der Waals surface area contributed by atoms with Crippen molar-refractivity contribution < 1.29 is 0 Å². The Morgan fingerprint density at radius 1 is 1.28 bits per heavy atom. The van der Waals surface area contributed by atoms with Crippen LogP contribution < -0.4 is 5.56 Å². The van der Waals surface area contributed by atoms with Crippen LogP contribution in [0.5, 0.6) is 0 Å². The topological polar surface area (TPSA) is 60.2 Å². The number of hydrogen-bond donors (Lipinski definition) is 0. The molecule has 0 saturated carbocycles. The lowest BCUT2D eigenvalue weighted by atomic mass is 10.2. The monoisotopic (exact) mass is 386 g/mol. The van der Waals surface area contributed by atoms with Crippen LogP contribution in [0.1, 0.15) is 28.4 Å². The maximum absolute atomic E-state index is 12.1. The predicted molar refractivity (Wildman–Crippen MR) is 103 cm³/mol. The number of thiazole rings is 1. The Balaban J connectivity index is 1.54. The highest BCUT2D eigenvalue weighted by Crippen LogP contribution is 2.40. The van der Waals surface area contributed by atoms with Crippen LogP contribution in [0.25, 0.3) is 15.2 Å². The van der Waals surface area contributed by atoms with E-state index in [1.807, 2.05) is 23.6 Å². The Hall–Kier alpha value is -1.77. The van der Waals surface area contributed by atoms with Gasteiger partial charge in [-0.2, -0.15) is 0 Å². The van der Waals surface area contributed by atoms with E-state index in [0.717, 1.165) is 39.2 Å². The molecule has 4 aromatic heterocycles. The second-order valence-corrected chi connectivity index (χ2v) is 8.96. The fourth-order valence-electron chi connectivity index (χ4n) is 3.27. The molecule has 0 N–H and O–H groups in total. The molecule has 0 radical (unpaired) electrons. The van der Waals surface area contributed by atoms with Crippen LogP contribution in [-0.4, -0.2) is 19.4 Å². The third-order valence-corrected chi connectivity index (χ3v) is 7.31. The SMILES string of the molecule is Cc1nc(SCc2cc(=O)n3ccsc3n2)c2c3c(sc2n1)CCC3. The predicted octanol–water partition coefficient (Wildman–Crippen LogP) is 3.85. The third-order valence-electron chi connectivity index (χ3n) is 4.36. The van der Waals surface area contributed by atoms with E-state index in [-0.39, 0.29) is 5.56 Å². The molecule has 4 heterocycles. The largest absolute Gasteiger partial charge is 0.269 e. The second-order valence-electron chi connectivity index (χ2n) is 6.04. The summed E-state index contributed by atoms with van der Waals surface area (Å²) in [7, 11) is 0. The van der Waals surface area contributed by atoms with E-state index in [2.05, 4.69) is 9.97 Å². The molecule has 4 aromatic rings. The highest BCUT2D eigenvalue weighted by Gasteiger charge is 2.22. The van der Waals surface area contributed by atoms with E-state index >= 15 is 0 Å². The van der Waals surface area contributed by atoms with Gasteiger partial charge in [0.15, 0.2) is 4.96 Å². The molecule has 0 unspecified atom stereocenters. The van der Waals surface area contributed by atoms with Crippen molar-refractivity contribution in [1.82, 2.24) is 19.4 Å². The molecule has 5 nitrogen and oxygen atoms in total. The number of hydrogen-bond acceptors (Lipinski definition) is 7. The molecule has 0 bridgehead atoms. The van der Waals surface area contributed by atoms with Gasteiger partial charge in [-0.05, 0) is 31.7 Å². The quantitative estimate of drug-likeness (QED) is 0.395. The lowest BCUT2D eigenvalue weighted by molar-refractivity contribution is 0.914. The second kappa shape index (κ2) is 5.89. The molecule has 5 rings (SSSR count). The Bertz CT molecular complexity index is 1170. The normalized spacial score (nSPS) is 13.8. The molecule has 0 atom stereocenters. The van der Waals surface area contributed by atoms with Crippen LogP contribution in [0.2, 0.25) is 0 Å². The van der Waals surface area contributed by atoms with Crippen molar-refractivity contribution in [2.24, 2.45) is 0 Å². The van der Waals surface area contributed by atoms with Gasteiger partial charge in [-0.1, -0.05) is 11.8 Å². The number of fused-ring (bicyclic) bond motifs is 4. The minimum atomic E-state index is -0.0257. The van der Waals surface area contributed by atoms with Gasteiger partial charge in [-0.15, -0.1) is 22.7 Å². The van der Waals surface area contributed by atoms with Crippen LogP contribution in [0.3, 0.4) is 0 Å². The summed E-state index contributed by atoms with van der Waals surface area (Å²) < 4.78 is 1.58. The number of aromatic nitrogens is 4. The Kier molecular flexibility index (Phi) is 3.65. The summed E-state index contributed by atoms with van der Waals surface area (Å²) in [5.74, 6) is 1.44.